The molecule has 2 aromatic rings. The molecule has 0 atom stereocenters. The van der Waals surface area contributed by atoms with Gasteiger partial charge in [0.2, 0.25) is 0 Å². The van der Waals surface area contributed by atoms with Crippen molar-refractivity contribution in [2.24, 2.45) is 5.92 Å². The van der Waals surface area contributed by atoms with Crippen LogP contribution in [0.4, 0.5) is 5.13 Å². The third-order valence-electron chi connectivity index (χ3n) is 5.42. The van der Waals surface area contributed by atoms with Crippen molar-refractivity contribution >= 4 is 26.7 Å². The van der Waals surface area contributed by atoms with Crippen LogP contribution in [0.15, 0.2) is 18.2 Å². The van der Waals surface area contributed by atoms with E-state index in [9.17, 15) is 0 Å². The third-order valence-corrected chi connectivity index (χ3v) is 6.37. The molecule has 2 heterocycles. The smallest absolute Gasteiger partial charge is 0.184 e. The van der Waals surface area contributed by atoms with Crippen molar-refractivity contribution in [1.29, 1.82) is 0 Å². The summed E-state index contributed by atoms with van der Waals surface area (Å²) in [6, 6.07) is 7.46. The summed E-state index contributed by atoms with van der Waals surface area (Å²) in [5.74, 6) is 0.902. The van der Waals surface area contributed by atoms with Crippen molar-refractivity contribution in [2.75, 3.05) is 18.4 Å². The Bertz CT molecular complexity index is 652. The van der Waals surface area contributed by atoms with Crippen LogP contribution in [0.3, 0.4) is 0 Å². The lowest BCUT2D eigenvalue weighted by Gasteiger charge is -2.30. The van der Waals surface area contributed by atoms with Crippen LogP contribution in [-0.2, 0) is 6.54 Å². The number of anilines is 1. The van der Waals surface area contributed by atoms with Crippen molar-refractivity contribution in [3.05, 3.63) is 23.8 Å². The normalized spacial score (nSPS) is 21.3. The van der Waals surface area contributed by atoms with Gasteiger partial charge in [0.05, 0.1) is 10.2 Å². The van der Waals surface area contributed by atoms with Gasteiger partial charge in [-0.2, -0.15) is 0 Å². The highest BCUT2D eigenvalue weighted by Crippen LogP contribution is 2.30. The summed E-state index contributed by atoms with van der Waals surface area (Å²) >= 11 is 1.82. The number of fused-ring (bicyclic) bond motifs is 1. The molecule has 1 aromatic carbocycles. The predicted molar refractivity (Wildman–Crippen MR) is 99.2 cm³/mol. The van der Waals surface area contributed by atoms with E-state index in [-0.39, 0.29) is 0 Å². The fourth-order valence-electron chi connectivity index (χ4n) is 3.85. The summed E-state index contributed by atoms with van der Waals surface area (Å²) in [5.41, 5.74) is 2.58. The van der Waals surface area contributed by atoms with Gasteiger partial charge in [-0.15, -0.1) is 0 Å². The maximum Gasteiger partial charge on any atom is 0.184 e. The van der Waals surface area contributed by atoms with Crippen LogP contribution in [0.5, 0.6) is 0 Å². The Morgan fingerprint density at radius 3 is 2.74 bits per heavy atom. The zero-order chi connectivity index (χ0) is 15.6. The van der Waals surface area contributed by atoms with E-state index in [1.165, 1.54) is 61.9 Å². The second-order valence-corrected chi connectivity index (χ2v) is 8.44. The molecule has 1 aliphatic carbocycles. The number of hydrogen-bond acceptors (Lipinski definition) is 4. The quantitative estimate of drug-likeness (QED) is 0.866. The third kappa shape index (κ3) is 3.69. The molecule has 1 N–H and O–H groups in total. The predicted octanol–water partition coefficient (Wildman–Crippen LogP) is 4.88. The molecule has 0 unspecified atom stereocenters. The van der Waals surface area contributed by atoms with Crippen LogP contribution in [0.1, 0.15) is 51.0 Å². The molecule has 0 radical (unpaired) electrons. The number of nitrogens with zero attached hydrogens (tertiary/aromatic N) is 2. The van der Waals surface area contributed by atoms with Gasteiger partial charge in [-0.1, -0.05) is 37.2 Å². The van der Waals surface area contributed by atoms with Crippen molar-refractivity contribution in [3.63, 3.8) is 0 Å². The lowest BCUT2D eigenvalue weighted by Crippen LogP contribution is -2.32. The minimum Gasteiger partial charge on any atom is -0.359 e. The Morgan fingerprint density at radius 1 is 1.17 bits per heavy atom. The molecule has 2 fully saturated rings. The lowest BCUT2D eigenvalue weighted by molar-refractivity contribution is 0.185. The molecule has 1 saturated heterocycles. The van der Waals surface area contributed by atoms with Gasteiger partial charge in [-0.05, 0) is 62.4 Å². The van der Waals surface area contributed by atoms with Gasteiger partial charge in [0.1, 0.15) is 0 Å². The lowest BCUT2D eigenvalue weighted by atomic mass is 9.99. The van der Waals surface area contributed by atoms with Crippen LogP contribution < -0.4 is 5.32 Å². The number of benzene rings is 1. The van der Waals surface area contributed by atoms with Crippen molar-refractivity contribution in [1.82, 2.24) is 9.88 Å². The summed E-state index contributed by atoms with van der Waals surface area (Å²) < 4.78 is 1.33. The van der Waals surface area contributed by atoms with Gasteiger partial charge in [-0.3, -0.25) is 4.90 Å². The first kappa shape index (κ1) is 15.4. The zero-order valence-corrected chi connectivity index (χ0v) is 14.9. The standard InChI is InChI=1S/C19H27N3S/c1-14-8-10-22(11-9-14)13-15-6-7-17-18(12-15)23-19(21-17)20-16-4-2-3-5-16/h6-7,12,14,16H,2-5,8-11,13H2,1H3,(H,20,21). The minimum absolute atomic E-state index is 0.644. The monoisotopic (exact) mass is 329 g/mol. The van der Waals surface area contributed by atoms with Crippen LogP contribution in [0, 0.1) is 5.92 Å². The van der Waals surface area contributed by atoms with Crippen molar-refractivity contribution in [2.45, 2.75) is 58.0 Å². The van der Waals surface area contributed by atoms with Crippen molar-refractivity contribution in [3.8, 4) is 0 Å². The zero-order valence-electron chi connectivity index (χ0n) is 14.1. The molecule has 4 rings (SSSR count). The maximum absolute atomic E-state index is 4.77. The first-order valence-electron chi connectivity index (χ1n) is 9.14. The van der Waals surface area contributed by atoms with Crippen molar-refractivity contribution < 1.29 is 0 Å². The highest BCUT2D eigenvalue weighted by Gasteiger charge is 2.17. The maximum atomic E-state index is 4.77. The largest absolute Gasteiger partial charge is 0.359 e. The van der Waals surface area contributed by atoms with E-state index in [4.69, 9.17) is 4.98 Å². The van der Waals surface area contributed by atoms with E-state index < -0.39 is 0 Å². The van der Waals surface area contributed by atoms with E-state index >= 15 is 0 Å². The second-order valence-electron chi connectivity index (χ2n) is 7.41. The summed E-state index contributed by atoms with van der Waals surface area (Å²) in [6.45, 7) is 5.96. The van der Waals surface area contributed by atoms with E-state index in [1.807, 2.05) is 11.3 Å². The topological polar surface area (TPSA) is 28.2 Å². The van der Waals surface area contributed by atoms with Gasteiger partial charge >= 0.3 is 0 Å². The Kier molecular flexibility index (Phi) is 4.54. The number of nitrogens with one attached hydrogen (secondary N) is 1. The fourth-order valence-corrected chi connectivity index (χ4v) is 4.86. The van der Waals surface area contributed by atoms with Gasteiger partial charge in [-0.25, -0.2) is 4.98 Å². The average molecular weight is 330 g/mol. The van der Waals surface area contributed by atoms with Crippen LogP contribution in [-0.4, -0.2) is 29.0 Å². The summed E-state index contributed by atoms with van der Waals surface area (Å²) in [7, 11) is 0. The summed E-state index contributed by atoms with van der Waals surface area (Å²) in [5, 5.41) is 4.74. The van der Waals surface area contributed by atoms with E-state index in [0.29, 0.717) is 6.04 Å². The van der Waals surface area contributed by atoms with E-state index in [0.717, 1.165) is 23.1 Å². The molecule has 1 aliphatic heterocycles. The molecule has 3 nitrogen and oxygen atoms in total. The summed E-state index contributed by atoms with van der Waals surface area (Å²) in [4.78, 5) is 7.36. The second kappa shape index (κ2) is 6.78. The fraction of sp³-hybridized carbons (Fsp3) is 0.632. The minimum atomic E-state index is 0.644. The Labute approximate surface area is 143 Å². The number of piperidine rings is 1. The average Bonchev–Trinajstić information content (AvgIpc) is 3.18. The number of aromatic nitrogens is 1. The number of rotatable bonds is 4. The van der Waals surface area contributed by atoms with Crippen LogP contribution in [0.25, 0.3) is 10.2 Å². The highest BCUT2D eigenvalue weighted by atomic mass is 32.1. The molecule has 23 heavy (non-hydrogen) atoms. The molecule has 4 heteroatoms. The van der Waals surface area contributed by atoms with E-state index in [2.05, 4.69) is 35.3 Å². The van der Waals surface area contributed by atoms with Gasteiger partial charge in [0.15, 0.2) is 5.13 Å². The highest BCUT2D eigenvalue weighted by molar-refractivity contribution is 7.22. The molecule has 0 bridgehead atoms. The Morgan fingerprint density at radius 2 is 1.96 bits per heavy atom. The molecule has 1 aromatic heterocycles. The summed E-state index contributed by atoms with van der Waals surface area (Å²) in [6.07, 6.45) is 8.02. The van der Waals surface area contributed by atoms with Crippen LogP contribution >= 0.6 is 11.3 Å². The Balaban J connectivity index is 1.44. The molecule has 2 aliphatic rings. The van der Waals surface area contributed by atoms with Crippen LogP contribution in [0.2, 0.25) is 0 Å². The molecule has 0 amide bonds. The Hall–Kier alpha value is -1.13. The SMILES string of the molecule is CC1CCN(Cc2ccc3nc(NC4CCCC4)sc3c2)CC1. The van der Waals surface area contributed by atoms with Gasteiger partial charge in [0, 0.05) is 12.6 Å². The molecule has 1 saturated carbocycles. The molecular weight excluding hydrogens is 302 g/mol. The molecule has 0 spiro atoms. The van der Waals surface area contributed by atoms with E-state index in [1.54, 1.807) is 0 Å². The molecular formula is C19H27N3S. The first-order chi connectivity index (χ1) is 11.3. The molecule has 124 valence electrons. The van der Waals surface area contributed by atoms with Gasteiger partial charge < -0.3 is 5.32 Å². The number of thiazole rings is 1. The number of likely N-dealkylation sites (tertiary alicyclic amines) is 1. The number of hydrogen-bond donors (Lipinski definition) is 1. The van der Waals surface area contributed by atoms with Gasteiger partial charge in [0.25, 0.3) is 0 Å². The first-order valence-corrected chi connectivity index (χ1v) is 9.96.